The molecule has 35 heavy (non-hydrogen) atoms. The van der Waals surface area contributed by atoms with Gasteiger partial charge in [0.2, 0.25) is 0 Å². The van der Waals surface area contributed by atoms with Crippen molar-refractivity contribution in [2.75, 3.05) is 23.7 Å². The van der Waals surface area contributed by atoms with Crippen LogP contribution in [0.2, 0.25) is 0 Å². The smallest absolute Gasteiger partial charge is 0.188 e. The summed E-state index contributed by atoms with van der Waals surface area (Å²) in [6.45, 7) is 6.24. The molecule has 186 valence electrons. The first-order valence-electron chi connectivity index (χ1n) is 12.3. The molecule has 0 aliphatic carbocycles. The highest BCUT2D eigenvalue weighted by molar-refractivity contribution is 7.94. The van der Waals surface area contributed by atoms with Gasteiger partial charge in [0.1, 0.15) is 11.6 Å². The molecule has 5 rings (SSSR count). The van der Waals surface area contributed by atoms with Crippen molar-refractivity contribution in [3.05, 3.63) is 29.4 Å². The Hall–Kier alpha value is -2.36. The summed E-state index contributed by atoms with van der Waals surface area (Å²) in [6.07, 6.45) is 7.90. The molecule has 2 unspecified atom stereocenters. The molecule has 0 spiro atoms. The molecule has 2 saturated heterocycles. The molecule has 2 atom stereocenters. The van der Waals surface area contributed by atoms with Crippen molar-refractivity contribution in [1.29, 1.82) is 5.26 Å². The molecule has 3 aromatic heterocycles. The second-order valence-corrected chi connectivity index (χ2v) is 11.5. The first-order chi connectivity index (χ1) is 17.1. The van der Waals surface area contributed by atoms with Gasteiger partial charge in [0, 0.05) is 67.2 Å². The quantitative estimate of drug-likeness (QED) is 0.303. The van der Waals surface area contributed by atoms with Gasteiger partial charge in [-0.3, -0.25) is 0 Å². The Morgan fingerprint density at radius 2 is 2.06 bits per heavy atom. The third kappa shape index (κ3) is 5.27. The van der Waals surface area contributed by atoms with Crippen LogP contribution in [-0.2, 0) is 6.61 Å². The number of hydrogen-bond acceptors (Lipinski definition) is 10. The van der Waals surface area contributed by atoms with Gasteiger partial charge < -0.3 is 20.7 Å². The van der Waals surface area contributed by atoms with Crippen molar-refractivity contribution < 1.29 is 5.11 Å². The number of aromatic nitrogens is 3. The van der Waals surface area contributed by atoms with E-state index in [0.29, 0.717) is 23.3 Å². The largest absolute Gasteiger partial charge is 0.391 e. The highest BCUT2D eigenvalue weighted by Gasteiger charge is 2.38. The monoisotopic (exact) mass is 512 g/mol. The number of nitriles is 1. The summed E-state index contributed by atoms with van der Waals surface area (Å²) < 4.78 is 4.91. The fraction of sp³-hybridized carbons (Fsp3) is 0.542. The van der Waals surface area contributed by atoms with Gasteiger partial charge in [0.15, 0.2) is 5.13 Å². The molecular weight excluding hydrogens is 480 g/mol. The number of rotatable bonds is 9. The molecule has 2 fully saturated rings. The number of piperidine rings is 1. The van der Waals surface area contributed by atoms with Crippen LogP contribution >= 0.6 is 23.5 Å². The van der Waals surface area contributed by atoms with Crippen LogP contribution in [0.25, 0.3) is 10.9 Å². The van der Waals surface area contributed by atoms with E-state index in [-0.39, 0.29) is 12.5 Å². The molecule has 0 radical (unpaired) electrons. The predicted octanol–water partition coefficient (Wildman–Crippen LogP) is 4.71. The van der Waals surface area contributed by atoms with Gasteiger partial charge in [-0.05, 0) is 31.7 Å². The molecule has 0 aromatic carbocycles. The lowest BCUT2D eigenvalue weighted by atomic mass is 9.91. The summed E-state index contributed by atoms with van der Waals surface area (Å²) in [6, 6.07) is 7.69. The fourth-order valence-electron chi connectivity index (χ4n) is 4.90. The minimum absolute atomic E-state index is 0.0138. The third-order valence-electron chi connectivity index (χ3n) is 6.85. The average Bonchev–Trinajstić information content (AvgIpc) is 3.50. The minimum atomic E-state index is -0.0138. The molecule has 9 nitrogen and oxygen atoms in total. The van der Waals surface area contributed by atoms with Crippen LogP contribution in [0.4, 0.5) is 16.8 Å². The highest BCUT2D eigenvalue weighted by Crippen LogP contribution is 2.38. The number of nitrogens with zero attached hydrogens (tertiary/aromatic N) is 5. The Labute approximate surface area is 214 Å². The maximum atomic E-state index is 9.34. The number of aliphatic hydroxyl groups is 1. The van der Waals surface area contributed by atoms with E-state index in [9.17, 15) is 5.11 Å². The van der Waals surface area contributed by atoms with E-state index < -0.39 is 0 Å². The molecular formula is C24H32N8OS2. The number of thiazole rings is 1. The number of pyridine rings is 1. The van der Waals surface area contributed by atoms with E-state index in [1.54, 1.807) is 6.20 Å². The molecule has 5 heterocycles. The Balaban J connectivity index is 1.32. The standard InChI is InChI=1S/C24H32N8OS2/c1-3-17-7-16(8-18(4-2)32(17)35-31-12-15(10-25)13-31)28-23-20-5-6-26-21(20)9-22(29-23)30-24-27-11-19(14-33)34-24/h5-6,9,11,15-18,26,33H,3-4,7-8,12-14H2,1-2H3,(H2,27,28,29,30). The maximum Gasteiger partial charge on any atom is 0.188 e. The van der Waals surface area contributed by atoms with Gasteiger partial charge >= 0.3 is 0 Å². The van der Waals surface area contributed by atoms with Gasteiger partial charge in [-0.1, -0.05) is 25.2 Å². The van der Waals surface area contributed by atoms with Gasteiger partial charge in [-0.25, -0.2) is 18.6 Å². The summed E-state index contributed by atoms with van der Waals surface area (Å²) >= 11 is 3.27. The highest BCUT2D eigenvalue weighted by atomic mass is 32.2. The molecule has 2 aliphatic heterocycles. The second-order valence-electron chi connectivity index (χ2n) is 9.26. The van der Waals surface area contributed by atoms with E-state index in [2.05, 4.69) is 55.2 Å². The van der Waals surface area contributed by atoms with Crippen LogP contribution in [0.15, 0.2) is 24.5 Å². The number of hydrogen-bond donors (Lipinski definition) is 4. The van der Waals surface area contributed by atoms with Crippen molar-refractivity contribution in [2.24, 2.45) is 5.92 Å². The van der Waals surface area contributed by atoms with Gasteiger partial charge in [-0.15, -0.1) is 0 Å². The molecule has 11 heteroatoms. The summed E-state index contributed by atoms with van der Waals surface area (Å²) in [4.78, 5) is 13.4. The number of fused-ring (bicyclic) bond motifs is 1. The second kappa shape index (κ2) is 10.7. The number of aliphatic hydroxyl groups excluding tert-OH is 1. The van der Waals surface area contributed by atoms with Gasteiger partial charge in [0.05, 0.1) is 29.0 Å². The van der Waals surface area contributed by atoms with Crippen LogP contribution < -0.4 is 10.6 Å². The van der Waals surface area contributed by atoms with E-state index in [1.165, 1.54) is 11.3 Å². The number of H-pyrrole nitrogens is 1. The first kappa shape index (κ1) is 24.3. The summed E-state index contributed by atoms with van der Waals surface area (Å²) in [7, 11) is 0. The van der Waals surface area contributed by atoms with Crippen LogP contribution in [0.1, 0.15) is 44.4 Å². The predicted molar refractivity (Wildman–Crippen MR) is 142 cm³/mol. The number of aromatic amines is 1. The van der Waals surface area contributed by atoms with Crippen molar-refractivity contribution in [3.8, 4) is 6.07 Å². The Kier molecular flexibility index (Phi) is 7.45. The Bertz CT molecular complexity index is 1170. The molecule has 0 saturated carbocycles. The molecule has 0 bridgehead atoms. The van der Waals surface area contributed by atoms with Crippen LogP contribution in [0.3, 0.4) is 0 Å². The Morgan fingerprint density at radius 1 is 1.29 bits per heavy atom. The molecule has 4 N–H and O–H groups in total. The van der Waals surface area contributed by atoms with Crippen LogP contribution in [0, 0.1) is 17.2 Å². The van der Waals surface area contributed by atoms with Crippen LogP contribution in [0.5, 0.6) is 0 Å². The van der Waals surface area contributed by atoms with E-state index >= 15 is 0 Å². The zero-order valence-corrected chi connectivity index (χ0v) is 21.7. The molecule has 3 aromatic rings. The zero-order valence-electron chi connectivity index (χ0n) is 20.1. The Morgan fingerprint density at radius 3 is 2.71 bits per heavy atom. The summed E-state index contributed by atoms with van der Waals surface area (Å²) in [5, 5.41) is 27.3. The minimum Gasteiger partial charge on any atom is -0.391 e. The van der Waals surface area contributed by atoms with E-state index in [4.69, 9.17) is 10.2 Å². The van der Waals surface area contributed by atoms with Gasteiger partial charge in [0.25, 0.3) is 0 Å². The fourth-order valence-corrected chi connectivity index (χ4v) is 7.07. The van der Waals surface area contributed by atoms with Crippen molar-refractivity contribution in [3.63, 3.8) is 0 Å². The molecule has 0 amide bonds. The van der Waals surface area contributed by atoms with Crippen molar-refractivity contribution in [1.82, 2.24) is 23.6 Å². The van der Waals surface area contributed by atoms with Crippen LogP contribution in [-0.4, -0.2) is 59.9 Å². The van der Waals surface area contributed by atoms with Crippen molar-refractivity contribution >= 4 is 51.1 Å². The number of anilines is 3. The molecule has 2 aliphatic rings. The normalized spacial score (nSPS) is 23.8. The average molecular weight is 513 g/mol. The van der Waals surface area contributed by atoms with Gasteiger partial charge in [-0.2, -0.15) is 5.26 Å². The van der Waals surface area contributed by atoms with E-state index in [1.807, 2.05) is 24.4 Å². The maximum absolute atomic E-state index is 9.34. The number of nitrogens with one attached hydrogen (secondary N) is 3. The lowest BCUT2D eigenvalue weighted by Crippen LogP contribution is -2.52. The third-order valence-corrected chi connectivity index (χ3v) is 9.06. The zero-order chi connectivity index (χ0) is 24.4. The van der Waals surface area contributed by atoms with Crippen molar-refractivity contribution in [2.45, 2.75) is 64.3 Å². The lowest BCUT2D eigenvalue weighted by molar-refractivity contribution is 0.160. The topological polar surface area (TPSA) is 116 Å². The summed E-state index contributed by atoms with van der Waals surface area (Å²) in [5.41, 5.74) is 1.01. The van der Waals surface area contributed by atoms with E-state index in [0.717, 1.165) is 66.2 Å². The first-order valence-corrected chi connectivity index (χ1v) is 13.8. The lowest BCUT2D eigenvalue weighted by Gasteiger charge is -2.47. The SMILES string of the molecule is CCC1CC(Nc2nc(Nc3ncc(CO)s3)cc3[nH]ccc23)CC(CC)N1SN1CC(C#N)C1. The summed E-state index contributed by atoms with van der Waals surface area (Å²) in [5.74, 6) is 1.77.